The van der Waals surface area contributed by atoms with Crippen molar-refractivity contribution < 1.29 is 4.39 Å². The van der Waals surface area contributed by atoms with Gasteiger partial charge in [0.15, 0.2) is 5.96 Å². The summed E-state index contributed by atoms with van der Waals surface area (Å²) >= 11 is 0. The van der Waals surface area contributed by atoms with Gasteiger partial charge in [0.25, 0.3) is 0 Å². The van der Waals surface area contributed by atoms with Crippen LogP contribution in [0, 0.1) is 5.82 Å². The number of aliphatic imine (C=N–C) groups is 1. The molecule has 0 spiro atoms. The van der Waals surface area contributed by atoms with Crippen molar-refractivity contribution >= 4 is 29.9 Å². The Morgan fingerprint density at radius 1 is 1.32 bits per heavy atom. The lowest BCUT2D eigenvalue weighted by atomic mass is 9.95. The number of hydrogen-bond acceptors (Lipinski definition) is 2. The van der Waals surface area contributed by atoms with E-state index in [1.807, 2.05) is 31.6 Å². The average Bonchev–Trinajstić information content (AvgIpc) is 3.26. The van der Waals surface area contributed by atoms with Crippen molar-refractivity contribution in [1.29, 1.82) is 0 Å². The molecular weight excluding hydrogens is 432 g/mol. The van der Waals surface area contributed by atoms with E-state index >= 15 is 0 Å². The van der Waals surface area contributed by atoms with Crippen LogP contribution < -0.4 is 10.6 Å². The first-order chi connectivity index (χ1) is 11.6. The van der Waals surface area contributed by atoms with Crippen molar-refractivity contribution in [2.45, 2.75) is 24.7 Å². The topological polar surface area (TPSA) is 54.2 Å². The fourth-order valence-electron chi connectivity index (χ4n) is 2.98. The number of benzene rings is 1. The summed E-state index contributed by atoms with van der Waals surface area (Å²) in [5, 5.41) is 10.8. The van der Waals surface area contributed by atoms with Gasteiger partial charge in [-0.05, 0) is 36.5 Å². The van der Waals surface area contributed by atoms with Gasteiger partial charge in [0, 0.05) is 38.8 Å². The molecule has 7 heteroatoms. The van der Waals surface area contributed by atoms with Gasteiger partial charge < -0.3 is 10.6 Å². The highest BCUT2D eigenvalue weighted by molar-refractivity contribution is 14.0. The molecule has 1 fully saturated rings. The number of hydrogen-bond donors (Lipinski definition) is 2. The molecule has 0 bridgehead atoms. The Hall–Kier alpha value is -1.64. The Labute approximate surface area is 165 Å². The van der Waals surface area contributed by atoms with Crippen LogP contribution in [0.5, 0.6) is 0 Å². The van der Waals surface area contributed by atoms with Gasteiger partial charge in [-0.3, -0.25) is 9.67 Å². The molecule has 3 rings (SSSR count). The summed E-state index contributed by atoms with van der Waals surface area (Å²) in [4.78, 5) is 4.25. The van der Waals surface area contributed by atoms with Crippen LogP contribution in [0.4, 0.5) is 4.39 Å². The zero-order valence-electron chi connectivity index (χ0n) is 14.6. The van der Waals surface area contributed by atoms with E-state index in [0.717, 1.165) is 37.3 Å². The predicted molar refractivity (Wildman–Crippen MR) is 109 cm³/mol. The summed E-state index contributed by atoms with van der Waals surface area (Å²) in [6.07, 6.45) is 6.78. The molecule has 136 valence electrons. The molecule has 1 aliphatic carbocycles. The van der Waals surface area contributed by atoms with Gasteiger partial charge in [0.1, 0.15) is 5.82 Å². The number of guanidine groups is 1. The third kappa shape index (κ3) is 4.93. The van der Waals surface area contributed by atoms with E-state index in [-0.39, 0.29) is 35.2 Å². The molecule has 0 amide bonds. The molecule has 2 aromatic rings. The minimum Gasteiger partial charge on any atom is -0.356 e. The van der Waals surface area contributed by atoms with Crippen LogP contribution in [0.15, 0.2) is 41.7 Å². The van der Waals surface area contributed by atoms with Crippen LogP contribution in [0.3, 0.4) is 0 Å². The van der Waals surface area contributed by atoms with E-state index in [2.05, 4.69) is 20.7 Å². The maximum Gasteiger partial charge on any atom is 0.191 e. The van der Waals surface area contributed by atoms with Gasteiger partial charge in [-0.25, -0.2) is 4.39 Å². The monoisotopic (exact) mass is 457 g/mol. The fourth-order valence-corrected chi connectivity index (χ4v) is 2.98. The van der Waals surface area contributed by atoms with Gasteiger partial charge in [0.05, 0.1) is 6.20 Å². The first-order valence-electron chi connectivity index (χ1n) is 8.30. The summed E-state index contributed by atoms with van der Waals surface area (Å²) in [6.45, 7) is 1.47. The number of rotatable bonds is 6. The second-order valence-electron chi connectivity index (χ2n) is 6.38. The Bertz CT molecular complexity index is 724. The molecule has 5 nitrogen and oxygen atoms in total. The Morgan fingerprint density at radius 2 is 2.08 bits per heavy atom. The van der Waals surface area contributed by atoms with Crippen molar-refractivity contribution in [2.75, 3.05) is 20.1 Å². The van der Waals surface area contributed by atoms with Crippen molar-refractivity contribution in [3.63, 3.8) is 0 Å². The second kappa shape index (κ2) is 8.64. The number of halogens is 2. The molecule has 0 unspecified atom stereocenters. The first kappa shape index (κ1) is 19.7. The van der Waals surface area contributed by atoms with Gasteiger partial charge in [-0.1, -0.05) is 18.2 Å². The first-order valence-corrected chi connectivity index (χ1v) is 8.30. The molecule has 1 saturated carbocycles. The largest absolute Gasteiger partial charge is 0.356 e. The highest BCUT2D eigenvalue weighted by atomic mass is 127. The van der Waals surface area contributed by atoms with Gasteiger partial charge >= 0.3 is 0 Å². The van der Waals surface area contributed by atoms with E-state index in [9.17, 15) is 4.39 Å². The molecule has 0 aliphatic heterocycles. The van der Waals surface area contributed by atoms with E-state index in [1.165, 1.54) is 11.6 Å². The number of nitrogens with zero attached hydrogens (tertiary/aromatic N) is 3. The standard InChI is InChI=1S/C18H24FN5.HI/c1-20-17(21-10-7-14-11-23-24(2)12-14)22-13-18(8-9-18)15-5-3-4-6-16(15)19;/h3-6,11-12H,7-10,13H2,1-2H3,(H2,20,21,22);1H. The SMILES string of the molecule is CN=C(NCCc1cnn(C)c1)NCC1(c2ccccc2F)CC1.I. The highest BCUT2D eigenvalue weighted by Crippen LogP contribution is 2.48. The van der Waals surface area contributed by atoms with Crippen molar-refractivity contribution in [3.05, 3.63) is 53.6 Å². The van der Waals surface area contributed by atoms with E-state index in [4.69, 9.17) is 0 Å². The number of aryl methyl sites for hydroxylation is 1. The Balaban J connectivity index is 0.00000225. The van der Waals surface area contributed by atoms with Gasteiger partial charge in [-0.15, -0.1) is 24.0 Å². The maximum atomic E-state index is 14.0. The molecule has 1 aromatic heterocycles. The summed E-state index contributed by atoms with van der Waals surface area (Å²) in [5.74, 6) is 0.637. The highest BCUT2D eigenvalue weighted by Gasteiger charge is 2.45. The third-order valence-corrected chi connectivity index (χ3v) is 4.58. The molecular formula is C18H25FIN5. The molecule has 2 N–H and O–H groups in total. The lowest BCUT2D eigenvalue weighted by Gasteiger charge is -2.19. The molecule has 0 atom stereocenters. The van der Waals surface area contributed by atoms with E-state index in [0.29, 0.717) is 6.54 Å². The number of aromatic nitrogens is 2. The van der Waals surface area contributed by atoms with Gasteiger partial charge in [-0.2, -0.15) is 5.10 Å². The summed E-state index contributed by atoms with van der Waals surface area (Å²) in [6, 6.07) is 7.07. The lowest BCUT2D eigenvalue weighted by molar-refractivity contribution is 0.559. The lowest BCUT2D eigenvalue weighted by Crippen LogP contribution is -2.42. The smallest absolute Gasteiger partial charge is 0.191 e. The molecule has 1 aliphatic rings. The molecule has 0 saturated heterocycles. The normalized spacial score (nSPS) is 15.4. The number of nitrogens with one attached hydrogen (secondary N) is 2. The summed E-state index contributed by atoms with van der Waals surface area (Å²) < 4.78 is 15.8. The van der Waals surface area contributed by atoms with Crippen LogP contribution in [-0.4, -0.2) is 35.9 Å². The molecule has 1 heterocycles. The quantitative estimate of drug-likeness (QED) is 0.399. The van der Waals surface area contributed by atoms with Gasteiger partial charge in [0.2, 0.25) is 0 Å². The Kier molecular flexibility index (Phi) is 6.80. The van der Waals surface area contributed by atoms with Crippen molar-refractivity contribution in [3.8, 4) is 0 Å². The predicted octanol–water partition coefficient (Wildman–Crippen LogP) is 2.62. The van der Waals surface area contributed by atoms with Crippen LogP contribution in [0.25, 0.3) is 0 Å². The Morgan fingerprint density at radius 3 is 2.68 bits per heavy atom. The maximum absolute atomic E-state index is 14.0. The third-order valence-electron chi connectivity index (χ3n) is 4.58. The zero-order valence-corrected chi connectivity index (χ0v) is 17.0. The molecule has 1 aromatic carbocycles. The van der Waals surface area contributed by atoms with Crippen molar-refractivity contribution in [1.82, 2.24) is 20.4 Å². The van der Waals surface area contributed by atoms with Crippen LogP contribution in [0.2, 0.25) is 0 Å². The summed E-state index contributed by atoms with van der Waals surface area (Å²) in [5.41, 5.74) is 1.90. The fraction of sp³-hybridized carbons (Fsp3) is 0.444. The molecule has 0 radical (unpaired) electrons. The van der Waals surface area contributed by atoms with Crippen LogP contribution >= 0.6 is 24.0 Å². The summed E-state index contributed by atoms with van der Waals surface area (Å²) in [7, 11) is 3.66. The second-order valence-corrected chi connectivity index (χ2v) is 6.38. The minimum atomic E-state index is -0.115. The van der Waals surface area contributed by atoms with E-state index < -0.39 is 0 Å². The zero-order chi connectivity index (χ0) is 17.0. The van der Waals surface area contributed by atoms with E-state index in [1.54, 1.807) is 17.8 Å². The minimum absolute atomic E-state index is 0. The van der Waals surface area contributed by atoms with Crippen LogP contribution in [-0.2, 0) is 18.9 Å². The average molecular weight is 457 g/mol. The molecule has 25 heavy (non-hydrogen) atoms. The van der Waals surface area contributed by atoms with Crippen LogP contribution in [0.1, 0.15) is 24.0 Å². The van der Waals surface area contributed by atoms with Crippen molar-refractivity contribution in [2.24, 2.45) is 12.0 Å².